The number of methoxy groups -OCH3 is 1. The van der Waals surface area contributed by atoms with Crippen LogP contribution in [-0.4, -0.2) is 49.6 Å². The highest BCUT2D eigenvalue weighted by Gasteiger charge is 2.49. The van der Waals surface area contributed by atoms with Gasteiger partial charge in [-0.2, -0.15) is 0 Å². The minimum absolute atomic E-state index is 0.0886. The second-order valence-electron chi connectivity index (χ2n) is 5.91. The summed E-state index contributed by atoms with van der Waals surface area (Å²) in [5.74, 6) is -1.31. The van der Waals surface area contributed by atoms with Crippen molar-refractivity contribution in [2.45, 2.75) is 0 Å². The van der Waals surface area contributed by atoms with Gasteiger partial charge in [-0.25, -0.2) is 9.18 Å². The van der Waals surface area contributed by atoms with Crippen molar-refractivity contribution >= 4 is 11.7 Å². The van der Waals surface area contributed by atoms with E-state index in [1.54, 1.807) is 6.07 Å². The van der Waals surface area contributed by atoms with Gasteiger partial charge in [-0.15, -0.1) is 10.2 Å². The number of ether oxygens (including phenoxy) is 2. The van der Waals surface area contributed by atoms with Crippen molar-refractivity contribution in [2.24, 2.45) is 5.41 Å². The molecule has 0 atom stereocenters. The Labute approximate surface area is 131 Å². The van der Waals surface area contributed by atoms with Gasteiger partial charge in [0.05, 0.1) is 31.3 Å². The molecule has 3 heterocycles. The van der Waals surface area contributed by atoms with Crippen molar-refractivity contribution in [1.29, 1.82) is 0 Å². The molecule has 2 aromatic rings. The molecule has 8 heteroatoms. The smallest absolute Gasteiger partial charge is 0.396 e. The lowest BCUT2D eigenvalue weighted by molar-refractivity contribution is -0.127. The fourth-order valence-corrected chi connectivity index (χ4v) is 2.96. The second-order valence-corrected chi connectivity index (χ2v) is 5.91. The summed E-state index contributed by atoms with van der Waals surface area (Å²) in [6.07, 6.45) is 0. The van der Waals surface area contributed by atoms with Crippen LogP contribution in [0, 0.1) is 11.2 Å². The van der Waals surface area contributed by atoms with Gasteiger partial charge in [0.1, 0.15) is 5.82 Å². The molecule has 2 saturated heterocycles. The molecule has 7 nitrogen and oxygen atoms in total. The van der Waals surface area contributed by atoms with Crippen molar-refractivity contribution < 1.29 is 23.1 Å². The number of carbonyl (C=O) groups excluding carboxylic acids is 1. The third kappa shape index (κ3) is 2.26. The quantitative estimate of drug-likeness (QED) is 0.793. The number of hydrogen-bond acceptors (Lipinski definition) is 7. The predicted octanol–water partition coefficient (Wildman–Crippen LogP) is 1.50. The zero-order valence-corrected chi connectivity index (χ0v) is 12.4. The van der Waals surface area contributed by atoms with Crippen LogP contribution in [0.2, 0.25) is 0 Å². The number of nitrogens with zero attached hydrogens (tertiary/aromatic N) is 3. The molecule has 0 amide bonds. The highest BCUT2D eigenvalue weighted by Crippen LogP contribution is 2.43. The first kappa shape index (κ1) is 14.1. The number of anilines is 1. The molecule has 1 spiro atoms. The van der Waals surface area contributed by atoms with E-state index in [0.717, 1.165) is 32.0 Å². The van der Waals surface area contributed by atoms with Crippen molar-refractivity contribution in [1.82, 2.24) is 10.2 Å². The summed E-state index contributed by atoms with van der Waals surface area (Å²) in [6.45, 7) is 3.19. The normalized spacial score (nSPS) is 18.4. The van der Waals surface area contributed by atoms with Crippen LogP contribution in [0.25, 0.3) is 11.5 Å². The highest BCUT2D eigenvalue weighted by molar-refractivity contribution is 5.84. The minimum atomic E-state index is -0.726. The Morgan fingerprint density at radius 2 is 2.13 bits per heavy atom. The molecule has 0 bridgehead atoms. The third-order valence-electron chi connectivity index (χ3n) is 4.18. The molecule has 0 unspecified atom stereocenters. The van der Waals surface area contributed by atoms with Gasteiger partial charge in [0.25, 0.3) is 5.89 Å². The maximum Gasteiger partial charge on any atom is 0.396 e. The van der Waals surface area contributed by atoms with Crippen molar-refractivity contribution in [3.8, 4) is 11.5 Å². The van der Waals surface area contributed by atoms with Crippen molar-refractivity contribution in [3.63, 3.8) is 0 Å². The van der Waals surface area contributed by atoms with Gasteiger partial charge >= 0.3 is 11.9 Å². The molecule has 2 aliphatic rings. The number of aromatic nitrogens is 2. The van der Waals surface area contributed by atoms with E-state index in [9.17, 15) is 9.18 Å². The van der Waals surface area contributed by atoms with Crippen LogP contribution in [-0.2, 0) is 9.47 Å². The number of esters is 1. The summed E-state index contributed by atoms with van der Waals surface area (Å²) in [6, 6.07) is 4.39. The molecule has 0 N–H and O–H groups in total. The van der Waals surface area contributed by atoms with E-state index < -0.39 is 11.8 Å². The summed E-state index contributed by atoms with van der Waals surface area (Å²) in [7, 11) is 1.22. The summed E-state index contributed by atoms with van der Waals surface area (Å²) in [4.78, 5) is 13.5. The topological polar surface area (TPSA) is 77.7 Å². The standard InChI is InChI=1S/C15H14FN3O4/c1-21-14(20)13-18-17-12(23-13)10-4-9(16)2-3-11(10)19-5-15(6-19)7-22-8-15/h2-4H,5-8H2,1H3. The number of carbonyl (C=O) groups is 1. The van der Waals surface area contributed by atoms with Crippen molar-refractivity contribution in [3.05, 3.63) is 29.9 Å². The zero-order valence-electron chi connectivity index (χ0n) is 12.4. The first-order chi connectivity index (χ1) is 11.1. The Morgan fingerprint density at radius 3 is 2.78 bits per heavy atom. The number of rotatable bonds is 3. The molecule has 1 aromatic carbocycles. The number of benzene rings is 1. The Kier molecular flexibility index (Phi) is 3.08. The monoisotopic (exact) mass is 319 g/mol. The lowest BCUT2D eigenvalue weighted by Crippen LogP contribution is -2.66. The van der Waals surface area contributed by atoms with E-state index in [1.807, 2.05) is 0 Å². The van der Waals surface area contributed by atoms with Gasteiger partial charge in [0.15, 0.2) is 0 Å². The molecular formula is C15H14FN3O4. The maximum atomic E-state index is 13.7. The van der Waals surface area contributed by atoms with Crippen molar-refractivity contribution in [2.75, 3.05) is 38.3 Å². The minimum Gasteiger partial charge on any atom is -0.462 e. The number of halogens is 1. The van der Waals surface area contributed by atoms with E-state index in [2.05, 4.69) is 19.8 Å². The fourth-order valence-electron chi connectivity index (χ4n) is 2.96. The van der Waals surface area contributed by atoms with E-state index >= 15 is 0 Å². The Balaban J connectivity index is 1.66. The predicted molar refractivity (Wildman–Crippen MR) is 76.5 cm³/mol. The molecule has 1 aromatic heterocycles. The second kappa shape index (κ2) is 5.02. The fraction of sp³-hybridized carbons (Fsp3) is 0.400. The SMILES string of the molecule is COC(=O)c1nnc(-c2cc(F)ccc2N2CC3(COC3)C2)o1. The molecule has 0 aliphatic carbocycles. The molecule has 120 valence electrons. The molecule has 2 fully saturated rings. The summed E-state index contributed by atoms with van der Waals surface area (Å²) in [5.41, 5.74) is 1.48. The lowest BCUT2D eigenvalue weighted by atomic mass is 9.77. The molecule has 4 rings (SSSR count). The lowest BCUT2D eigenvalue weighted by Gasteiger charge is -2.56. The van der Waals surface area contributed by atoms with E-state index in [4.69, 9.17) is 9.15 Å². The molecule has 23 heavy (non-hydrogen) atoms. The van der Waals surface area contributed by atoms with E-state index in [0.29, 0.717) is 5.56 Å². The summed E-state index contributed by atoms with van der Waals surface area (Å²) < 4.78 is 28.8. The van der Waals surface area contributed by atoms with Gasteiger partial charge in [0.2, 0.25) is 0 Å². The summed E-state index contributed by atoms with van der Waals surface area (Å²) >= 11 is 0. The third-order valence-corrected chi connectivity index (χ3v) is 4.18. The van der Waals surface area contributed by atoms with Crippen LogP contribution in [0.15, 0.2) is 22.6 Å². The van der Waals surface area contributed by atoms with Gasteiger partial charge in [0, 0.05) is 18.8 Å². The Bertz CT molecular complexity index is 764. The van der Waals surface area contributed by atoms with Crippen LogP contribution in [0.1, 0.15) is 10.7 Å². The van der Waals surface area contributed by atoms with Gasteiger partial charge in [-0.05, 0) is 18.2 Å². The van der Waals surface area contributed by atoms with Crippen LogP contribution in [0.3, 0.4) is 0 Å². The molecular weight excluding hydrogens is 305 g/mol. The van der Waals surface area contributed by atoms with Gasteiger partial charge in [-0.3, -0.25) is 0 Å². The van der Waals surface area contributed by atoms with E-state index in [1.165, 1.54) is 19.2 Å². The zero-order chi connectivity index (χ0) is 16.0. The molecule has 2 aliphatic heterocycles. The molecule has 0 radical (unpaired) electrons. The van der Waals surface area contributed by atoms with Crippen LogP contribution in [0.5, 0.6) is 0 Å². The molecule has 0 saturated carbocycles. The average Bonchev–Trinajstić information content (AvgIpc) is 2.94. The largest absolute Gasteiger partial charge is 0.462 e. The summed E-state index contributed by atoms with van der Waals surface area (Å²) in [5, 5.41) is 7.47. The average molecular weight is 319 g/mol. The van der Waals surface area contributed by atoms with Gasteiger partial charge < -0.3 is 18.8 Å². The first-order valence-electron chi connectivity index (χ1n) is 7.15. The van der Waals surface area contributed by atoms with Crippen LogP contribution < -0.4 is 4.90 Å². The first-order valence-corrected chi connectivity index (χ1v) is 7.15. The maximum absolute atomic E-state index is 13.7. The van der Waals surface area contributed by atoms with Crippen LogP contribution in [0.4, 0.5) is 10.1 Å². The van der Waals surface area contributed by atoms with Crippen LogP contribution >= 0.6 is 0 Å². The Hall–Kier alpha value is -2.48. The Morgan fingerprint density at radius 1 is 1.35 bits per heavy atom. The number of hydrogen-bond donors (Lipinski definition) is 0. The van der Waals surface area contributed by atoms with Gasteiger partial charge in [-0.1, -0.05) is 0 Å². The highest BCUT2D eigenvalue weighted by atomic mass is 19.1. The van der Waals surface area contributed by atoms with E-state index in [-0.39, 0.29) is 17.2 Å².